The lowest BCUT2D eigenvalue weighted by Crippen LogP contribution is -2.12. The highest BCUT2D eigenvalue weighted by Gasteiger charge is 2.33. The molecule has 0 amide bonds. The van der Waals surface area contributed by atoms with Gasteiger partial charge >= 0.3 is 6.18 Å². The predicted octanol–water partition coefficient (Wildman–Crippen LogP) is 4.62. The van der Waals surface area contributed by atoms with E-state index in [1.165, 1.54) is 33.6 Å². The van der Waals surface area contributed by atoms with Gasteiger partial charge in [-0.3, -0.25) is 9.20 Å². The number of pyridine rings is 1. The summed E-state index contributed by atoms with van der Waals surface area (Å²) in [5, 5.41) is 2.39. The van der Waals surface area contributed by atoms with Crippen molar-refractivity contribution in [3.05, 3.63) is 69.7 Å². The van der Waals surface area contributed by atoms with Crippen molar-refractivity contribution in [2.75, 3.05) is 0 Å². The van der Waals surface area contributed by atoms with Crippen LogP contribution in [-0.2, 0) is 11.9 Å². The number of thioether (sulfide) groups is 1. The van der Waals surface area contributed by atoms with Crippen molar-refractivity contribution in [3.8, 4) is 0 Å². The Balaban J connectivity index is 1.72. The van der Waals surface area contributed by atoms with E-state index >= 15 is 0 Å². The Morgan fingerprint density at radius 1 is 1.15 bits per heavy atom. The van der Waals surface area contributed by atoms with Crippen LogP contribution in [0.15, 0.2) is 57.7 Å². The molecule has 1 aromatic carbocycles. The van der Waals surface area contributed by atoms with Gasteiger partial charge in [-0.2, -0.15) is 13.2 Å². The lowest BCUT2D eigenvalue weighted by molar-refractivity contribution is -0.141. The molecule has 0 aliphatic rings. The molecule has 4 rings (SSSR count). The van der Waals surface area contributed by atoms with Crippen LogP contribution in [-0.4, -0.2) is 14.4 Å². The summed E-state index contributed by atoms with van der Waals surface area (Å²) in [5.74, 6) is 0.287. The zero-order valence-corrected chi connectivity index (χ0v) is 14.7. The molecule has 0 unspecified atom stereocenters. The SMILES string of the molecule is O=c1cc(CSc2cc(C(F)(F)F)nc3ccccc23)nc2sccn12. The number of benzene rings is 1. The Kier molecular flexibility index (Phi) is 4.20. The van der Waals surface area contributed by atoms with Crippen LogP contribution in [0.25, 0.3) is 15.9 Å². The van der Waals surface area contributed by atoms with Gasteiger partial charge in [0.05, 0.1) is 11.2 Å². The van der Waals surface area contributed by atoms with Crippen molar-refractivity contribution >= 4 is 39.0 Å². The van der Waals surface area contributed by atoms with Crippen LogP contribution < -0.4 is 5.56 Å². The van der Waals surface area contributed by atoms with Gasteiger partial charge < -0.3 is 0 Å². The second-order valence-electron chi connectivity index (χ2n) is 5.45. The van der Waals surface area contributed by atoms with Crippen molar-refractivity contribution < 1.29 is 13.2 Å². The molecule has 26 heavy (non-hydrogen) atoms. The average Bonchev–Trinajstić information content (AvgIpc) is 3.08. The van der Waals surface area contributed by atoms with Crippen LogP contribution in [0.1, 0.15) is 11.4 Å². The van der Waals surface area contributed by atoms with Crippen molar-refractivity contribution in [3.63, 3.8) is 0 Å². The molecule has 0 atom stereocenters. The summed E-state index contributed by atoms with van der Waals surface area (Å²) in [6.45, 7) is 0. The highest BCUT2D eigenvalue weighted by atomic mass is 32.2. The summed E-state index contributed by atoms with van der Waals surface area (Å²) in [6.07, 6.45) is -2.88. The fourth-order valence-corrected chi connectivity index (χ4v) is 4.23. The third-order valence-electron chi connectivity index (χ3n) is 3.70. The first-order valence-corrected chi connectivity index (χ1v) is 9.34. The topological polar surface area (TPSA) is 47.3 Å². The van der Waals surface area contributed by atoms with E-state index < -0.39 is 11.9 Å². The smallest absolute Gasteiger partial charge is 0.269 e. The maximum Gasteiger partial charge on any atom is 0.433 e. The van der Waals surface area contributed by atoms with E-state index in [2.05, 4.69) is 9.97 Å². The minimum atomic E-state index is -4.52. The summed E-state index contributed by atoms with van der Waals surface area (Å²) in [4.78, 5) is 21.1. The molecule has 9 heteroatoms. The summed E-state index contributed by atoms with van der Waals surface area (Å²) < 4.78 is 40.8. The van der Waals surface area contributed by atoms with Gasteiger partial charge in [0, 0.05) is 33.7 Å². The van der Waals surface area contributed by atoms with Crippen molar-refractivity contribution in [1.29, 1.82) is 0 Å². The standard InChI is InChI=1S/C17H10F3N3OS2/c18-17(19,20)14-8-13(11-3-1-2-4-12(11)22-14)26-9-10-7-15(24)23-5-6-25-16(23)21-10/h1-8H,9H2. The molecule has 4 aromatic rings. The van der Waals surface area contributed by atoms with E-state index in [0.717, 1.165) is 6.07 Å². The number of halogens is 3. The molecule has 132 valence electrons. The number of hydrogen-bond donors (Lipinski definition) is 0. The van der Waals surface area contributed by atoms with Gasteiger partial charge in [-0.25, -0.2) is 9.97 Å². The number of aromatic nitrogens is 3. The van der Waals surface area contributed by atoms with Crippen molar-refractivity contribution in [1.82, 2.24) is 14.4 Å². The van der Waals surface area contributed by atoms with Crippen LogP contribution >= 0.6 is 23.1 Å². The molecule has 3 heterocycles. The first kappa shape index (κ1) is 17.0. The molecule has 0 N–H and O–H groups in total. The van der Waals surface area contributed by atoms with Crippen LogP contribution in [0.4, 0.5) is 13.2 Å². The van der Waals surface area contributed by atoms with E-state index in [9.17, 15) is 18.0 Å². The summed E-state index contributed by atoms with van der Waals surface area (Å²) in [6, 6.07) is 9.14. The molecule has 0 saturated carbocycles. The summed E-state index contributed by atoms with van der Waals surface area (Å²) >= 11 is 2.54. The zero-order valence-electron chi connectivity index (χ0n) is 13.0. The number of hydrogen-bond acceptors (Lipinski definition) is 5. The molecule has 0 saturated heterocycles. The number of nitrogens with zero attached hydrogens (tertiary/aromatic N) is 3. The van der Waals surface area contributed by atoms with Gasteiger partial charge in [-0.1, -0.05) is 18.2 Å². The van der Waals surface area contributed by atoms with E-state index in [-0.39, 0.29) is 16.8 Å². The summed E-state index contributed by atoms with van der Waals surface area (Å²) in [5.41, 5.74) is -0.327. The molecule has 0 fully saturated rings. The molecule has 4 nitrogen and oxygen atoms in total. The lowest BCUT2D eigenvalue weighted by atomic mass is 10.2. The Labute approximate surface area is 153 Å². The van der Waals surface area contributed by atoms with Gasteiger partial charge in [0.1, 0.15) is 5.69 Å². The molecule has 0 radical (unpaired) electrons. The van der Waals surface area contributed by atoms with Gasteiger partial charge in [0.15, 0.2) is 4.96 Å². The Bertz CT molecular complexity index is 1170. The highest BCUT2D eigenvalue weighted by molar-refractivity contribution is 7.98. The van der Waals surface area contributed by atoms with E-state index in [0.29, 0.717) is 20.9 Å². The number of alkyl halides is 3. The number of fused-ring (bicyclic) bond motifs is 2. The highest BCUT2D eigenvalue weighted by Crippen LogP contribution is 2.35. The van der Waals surface area contributed by atoms with E-state index in [1.807, 2.05) is 0 Å². The fraction of sp³-hybridized carbons (Fsp3) is 0.118. The molecule has 0 spiro atoms. The first-order chi connectivity index (χ1) is 12.4. The van der Waals surface area contributed by atoms with E-state index in [4.69, 9.17) is 0 Å². The van der Waals surface area contributed by atoms with Gasteiger partial charge in [-0.15, -0.1) is 23.1 Å². The van der Waals surface area contributed by atoms with Crippen LogP contribution in [0.5, 0.6) is 0 Å². The maximum absolute atomic E-state index is 13.1. The molecule has 3 aromatic heterocycles. The van der Waals surface area contributed by atoms with Crippen LogP contribution in [0.2, 0.25) is 0 Å². The lowest BCUT2D eigenvalue weighted by Gasteiger charge is -2.11. The quantitative estimate of drug-likeness (QED) is 0.477. The summed E-state index contributed by atoms with van der Waals surface area (Å²) in [7, 11) is 0. The Hall–Kier alpha value is -2.39. The molecular formula is C17H10F3N3OS2. The number of para-hydroxylation sites is 1. The maximum atomic E-state index is 13.1. The average molecular weight is 393 g/mol. The Morgan fingerprint density at radius 3 is 2.77 bits per heavy atom. The van der Waals surface area contributed by atoms with Crippen LogP contribution in [0, 0.1) is 0 Å². The number of rotatable bonds is 3. The third kappa shape index (κ3) is 3.19. The van der Waals surface area contributed by atoms with Crippen LogP contribution in [0.3, 0.4) is 0 Å². The minimum absolute atomic E-state index is 0.206. The zero-order chi connectivity index (χ0) is 18.3. The monoisotopic (exact) mass is 393 g/mol. The normalized spacial score (nSPS) is 12.1. The van der Waals surface area contributed by atoms with E-state index in [1.54, 1.807) is 35.8 Å². The van der Waals surface area contributed by atoms with Gasteiger partial charge in [0.2, 0.25) is 0 Å². The number of thiazole rings is 1. The third-order valence-corrected chi connectivity index (χ3v) is 5.55. The fourth-order valence-electron chi connectivity index (χ4n) is 2.52. The Morgan fingerprint density at radius 2 is 1.96 bits per heavy atom. The first-order valence-electron chi connectivity index (χ1n) is 7.47. The molecule has 0 bridgehead atoms. The minimum Gasteiger partial charge on any atom is -0.269 e. The predicted molar refractivity (Wildman–Crippen MR) is 95.6 cm³/mol. The van der Waals surface area contributed by atoms with Gasteiger partial charge in [0.25, 0.3) is 5.56 Å². The van der Waals surface area contributed by atoms with Crippen molar-refractivity contribution in [2.45, 2.75) is 16.8 Å². The molecule has 0 aliphatic carbocycles. The molecule has 0 aliphatic heterocycles. The van der Waals surface area contributed by atoms with Gasteiger partial charge in [-0.05, 0) is 12.1 Å². The van der Waals surface area contributed by atoms with Crippen molar-refractivity contribution in [2.24, 2.45) is 0 Å². The second-order valence-corrected chi connectivity index (χ2v) is 7.34. The second kappa shape index (κ2) is 6.40. The molecular weight excluding hydrogens is 383 g/mol. The largest absolute Gasteiger partial charge is 0.433 e.